The van der Waals surface area contributed by atoms with E-state index in [0.717, 1.165) is 32.1 Å². The number of aliphatic hydroxyl groups excluding tert-OH is 1. The highest BCUT2D eigenvalue weighted by molar-refractivity contribution is 9.09. The summed E-state index contributed by atoms with van der Waals surface area (Å²) in [5.74, 6) is -1.32. The van der Waals surface area contributed by atoms with Crippen molar-refractivity contribution in [1.29, 1.82) is 0 Å². The first-order valence-electron chi connectivity index (χ1n) is 13.8. The van der Waals surface area contributed by atoms with Gasteiger partial charge < -0.3 is 19.8 Å². The number of alkyl halides is 1. The van der Waals surface area contributed by atoms with Gasteiger partial charge in [-0.3, -0.25) is 14.4 Å². The highest BCUT2D eigenvalue weighted by Crippen LogP contribution is 2.68. The second-order valence-electron chi connectivity index (χ2n) is 11.1. The van der Waals surface area contributed by atoms with E-state index in [-0.39, 0.29) is 40.4 Å². The van der Waals surface area contributed by atoms with Gasteiger partial charge in [0.25, 0.3) is 0 Å². The van der Waals surface area contributed by atoms with Crippen molar-refractivity contribution in [3.63, 3.8) is 0 Å². The van der Waals surface area contributed by atoms with Crippen molar-refractivity contribution in [2.75, 3.05) is 26.2 Å². The molecule has 37 heavy (non-hydrogen) atoms. The maximum atomic E-state index is 14.5. The number of hydrogen-bond donors (Lipinski definition) is 1. The molecule has 3 heterocycles. The molecule has 1 aliphatic carbocycles. The summed E-state index contributed by atoms with van der Waals surface area (Å²) in [7, 11) is 0. The van der Waals surface area contributed by atoms with Gasteiger partial charge in [-0.1, -0.05) is 54.3 Å². The predicted octanol–water partition coefficient (Wildman–Crippen LogP) is 3.60. The van der Waals surface area contributed by atoms with E-state index in [1.54, 1.807) is 40.6 Å². The van der Waals surface area contributed by atoms with Crippen LogP contribution in [0.1, 0.15) is 58.8 Å². The van der Waals surface area contributed by atoms with Crippen LogP contribution in [-0.2, 0) is 14.4 Å². The van der Waals surface area contributed by atoms with Gasteiger partial charge in [-0.2, -0.15) is 0 Å². The Hall–Kier alpha value is -1.32. The Labute approximate surface area is 234 Å². The Balaban J connectivity index is 1.76. The largest absolute Gasteiger partial charge is 0.394 e. The third-order valence-corrected chi connectivity index (χ3v) is 12.0. The molecule has 2 bridgehead atoms. The maximum absolute atomic E-state index is 14.5. The number of carbonyl (C=O) groups is 3. The molecule has 4 fully saturated rings. The normalized spacial score (nSPS) is 33.8. The Morgan fingerprint density at radius 3 is 2.49 bits per heavy atom. The molecule has 0 aromatic rings. The number of carbonyl (C=O) groups excluding carboxylic acids is 3. The summed E-state index contributed by atoms with van der Waals surface area (Å²) >= 11 is 5.51. The van der Waals surface area contributed by atoms with Gasteiger partial charge in [0.2, 0.25) is 17.7 Å². The fourth-order valence-electron chi connectivity index (χ4n) is 7.23. The first kappa shape index (κ1) is 28.7. The first-order valence-corrected chi connectivity index (χ1v) is 15.6. The van der Waals surface area contributed by atoms with Gasteiger partial charge in [0, 0.05) is 35.8 Å². The molecule has 9 heteroatoms. The molecule has 1 saturated carbocycles. The molecule has 4 rings (SSSR count). The molecule has 1 N–H and O–H groups in total. The molecule has 1 spiro atoms. The monoisotopic (exact) mass is 595 g/mol. The van der Waals surface area contributed by atoms with Crippen LogP contribution in [0.15, 0.2) is 25.3 Å². The van der Waals surface area contributed by atoms with Gasteiger partial charge in [0.15, 0.2) is 0 Å². The summed E-state index contributed by atoms with van der Waals surface area (Å²) in [4.78, 5) is 48.1. The highest BCUT2D eigenvalue weighted by atomic mass is 79.9. The summed E-state index contributed by atoms with van der Waals surface area (Å²) < 4.78 is -0.698. The quantitative estimate of drug-likeness (QED) is 0.291. The Bertz CT molecular complexity index is 912. The molecule has 3 amide bonds. The molecule has 0 radical (unpaired) electrons. The number of rotatable bonds is 11. The van der Waals surface area contributed by atoms with Crippen molar-refractivity contribution in [1.82, 2.24) is 14.7 Å². The minimum atomic E-state index is -0.707. The lowest BCUT2D eigenvalue weighted by molar-refractivity contribution is -0.147. The topological polar surface area (TPSA) is 81.2 Å². The molecule has 0 aromatic carbocycles. The van der Waals surface area contributed by atoms with Gasteiger partial charge in [-0.25, -0.2) is 0 Å². The lowest BCUT2D eigenvalue weighted by atomic mass is 9.70. The van der Waals surface area contributed by atoms with Crippen LogP contribution in [0.25, 0.3) is 0 Å². The summed E-state index contributed by atoms with van der Waals surface area (Å²) in [6.45, 7) is 12.8. The van der Waals surface area contributed by atoms with Crippen LogP contribution in [0.2, 0.25) is 0 Å². The van der Waals surface area contributed by atoms with Crippen LogP contribution >= 0.6 is 27.7 Å². The number of nitrogens with zero attached hydrogens (tertiary/aromatic N) is 3. The number of aliphatic hydroxyl groups is 1. The van der Waals surface area contributed by atoms with Gasteiger partial charge >= 0.3 is 0 Å². The number of thioether (sulfide) groups is 1. The molecule has 206 valence electrons. The third-order valence-electron chi connectivity index (χ3n) is 8.76. The maximum Gasteiger partial charge on any atom is 0.247 e. The molecule has 3 unspecified atom stereocenters. The average molecular weight is 597 g/mol. The van der Waals surface area contributed by atoms with Crippen molar-refractivity contribution in [3.8, 4) is 0 Å². The lowest BCUT2D eigenvalue weighted by Gasteiger charge is -2.42. The van der Waals surface area contributed by atoms with Crippen molar-refractivity contribution >= 4 is 45.4 Å². The fourth-order valence-corrected chi connectivity index (χ4v) is 10.8. The van der Waals surface area contributed by atoms with Gasteiger partial charge in [0.1, 0.15) is 6.04 Å². The second-order valence-corrected chi connectivity index (χ2v) is 13.8. The molecule has 4 aliphatic rings. The van der Waals surface area contributed by atoms with Crippen molar-refractivity contribution in [2.24, 2.45) is 11.8 Å². The molecule has 3 aliphatic heterocycles. The molecule has 7 nitrogen and oxygen atoms in total. The van der Waals surface area contributed by atoms with E-state index < -0.39 is 28.7 Å². The van der Waals surface area contributed by atoms with E-state index in [2.05, 4.69) is 29.1 Å². The number of halogens is 1. The number of fused-ring (bicyclic) bond motifs is 1. The second kappa shape index (κ2) is 11.8. The minimum Gasteiger partial charge on any atom is -0.394 e. The zero-order chi connectivity index (χ0) is 26.9. The standard InChI is InChI=1S/C28H42BrN3O4S/c1-5-13-30(14-6-2)25(34)21-22-26(35)32(18(4)17-33)24(28(22)16-20(29)23(21)37-28)27(36)31(15-7-3)19-11-9-8-10-12-19/h5,7,18-24,33H,1,3,6,8-17H2,2,4H3/t18-,20?,21+,22+,23+,24?,28?/m1/s1. The Morgan fingerprint density at radius 1 is 1.22 bits per heavy atom. The smallest absolute Gasteiger partial charge is 0.247 e. The van der Waals surface area contributed by atoms with Crippen LogP contribution < -0.4 is 0 Å². The fraction of sp³-hybridized carbons (Fsp3) is 0.750. The zero-order valence-corrected chi connectivity index (χ0v) is 24.6. The molecular weight excluding hydrogens is 554 g/mol. The first-order chi connectivity index (χ1) is 17.8. The van der Waals surface area contributed by atoms with Crippen LogP contribution in [0.5, 0.6) is 0 Å². The summed E-state index contributed by atoms with van der Waals surface area (Å²) in [5, 5.41) is 10.1. The van der Waals surface area contributed by atoms with Crippen LogP contribution in [0.3, 0.4) is 0 Å². The van der Waals surface area contributed by atoms with Crippen LogP contribution in [0, 0.1) is 11.8 Å². The summed E-state index contributed by atoms with van der Waals surface area (Å²) in [5.41, 5.74) is 0. The molecule has 3 saturated heterocycles. The molecule has 0 aromatic heterocycles. The van der Waals surface area contributed by atoms with Crippen LogP contribution in [0.4, 0.5) is 0 Å². The Morgan fingerprint density at radius 2 is 1.89 bits per heavy atom. The van der Waals surface area contributed by atoms with Crippen molar-refractivity contribution in [3.05, 3.63) is 25.3 Å². The Kier molecular flexibility index (Phi) is 9.17. The van der Waals surface area contributed by atoms with Gasteiger partial charge in [-0.05, 0) is 32.6 Å². The highest BCUT2D eigenvalue weighted by Gasteiger charge is 2.76. The van der Waals surface area contributed by atoms with E-state index in [9.17, 15) is 19.5 Å². The van der Waals surface area contributed by atoms with Crippen molar-refractivity contribution < 1.29 is 19.5 Å². The van der Waals surface area contributed by atoms with E-state index in [0.29, 0.717) is 26.1 Å². The number of amides is 3. The van der Waals surface area contributed by atoms with E-state index >= 15 is 0 Å². The number of hydrogen-bond acceptors (Lipinski definition) is 5. The third kappa shape index (κ3) is 4.82. The van der Waals surface area contributed by atoms with E-state index in [1.165, 1.54) is 6.42 Å². The zero-order valence-electron chi connectivity index (χ0n) is 22.2. The number of likely N-dealkylation sites (tertiary alicyclic amines) is 1. The van der Waals surface area contributed by atoms with Crippen LogP contribution in [-0.4, -0.2) is 96.7 Å². The summed E-state index contributed by atoms with van der Waals surface area (Å²) in [6, 6.07) is -1.09. The average Bonchev–Trinajstić information content (AvgIpc) is 3.49. The van der Waals surface area contributed by atoms with Crippen molar-refractivity contribution in [2.45, 2.75) is 91.7 Å². The minimum absolute atomic E-state index is 0.0245. The predicted molar refractivity (Wildman–Crippen MR) is 151 cm³/mol. The lowest BCUT2D eigenvalue weighted by Crippen LogP contribution is -2.59. The van der Waals surface area contributed by atoms with Gasteiger partial charge in [-0.15, -0.1) is 24.9 Å². The molecule has 7 atom stereocenters. The molecular formula is C28H42BrN3O4S. The SMILES string of the molecule is C=CCN(CCC)C(=O)[C@H]1[C@H]2C(=O)N([C@H](C)CO)C(C(=O)N(CC=C)C3CCCCC3)C23CC(Br)[C@@H]1S3. The van der Waals surface area contributed by atoms with E-state index in [4.69, 9.17) is 0 Å². The van der Waals surface area contributed by atoms with Gasteiger partial charge in [0.05, 0.1) is 29.2 Å². The summed E-state index contributed by atoms with van der Waals surface area (Å²) in [6.07, 6.45) is 10.2. The van der Waals surface area contributed by atoms with E-state index in [1.807, 2.05) is 11.8 Å².